The van der Waals surface area contributed by atoms with Crippen LogP contribution >= 0.6 is 34.9 Å². The third-order valence-corrected chi connectivity index (χ3v) is 7.11. The van der Waals surface area contributed by atoms with Crippen molar-refractivity contribution >= 4 is 51.8 Å². The first-order chi connectivity index (χ1) is 11.1. The van der Waals surface area contributed by atoms with Gasteiger partial charge in [0.25, 0.3) is 5.91 Å². The lowest BCUT2D eigenvalue weighted by atomic mass is 10.1. The number of anilines is 1. The van der Waals surface area contributed by atoms with E-state index in [1.807, 2.05) is 47.8 Å². The maximum absolute atomic E-state index is 12.2. The number of benzene rings is 1. The summed E-state index contributed by atoms with van der Waals surface area (Å²) in [5.74, 6) is 1.71. The van der Waals surface area contributed by atoms with Crippen molar-refractivity contribution in [2.24, 2.45) is 5.73 Å². The summed E-state index contributed by atoms with van der Waals surface area (Å²) < 4.78 is 0.474. The lowest BCUT2D eigenvalue weighted by Crippen LogP contribution is -2.14. The van der Waals surface area contributed by atoms with E-state index in [1.54, 1.807) is 5.38 Å². The summed E-state index contributed by atoms with van der Waals surface area (Å²) in [5.41, 5.74) is 7.53. The molecule has 0 spiro atoms. The van der Waals surface area contributed by atoms with Gasteiger partial charge >= 0.3 is 0 Å². The number of carbonyl (C=O) groups excluding carboxylic acids is 2. The molecule has 0 bridgehead atoms. The molecule has 8 heteroatoms. The molecule has 120 valence electrons. The first kappa shape index (κ1) is 16.4. The fraction of sp³-hybridized carbons (Fsp3) is 0.267. The van der Waals surface area contributed by atoms with Gasteiger partial charge in [0.2, 0.25) is 5.91 Å². The fourth-order valence-electron chi connectivity index (χ4n) is 2.14. The number of thioether (sulfide) groups is 2. The Balaban J connectivity index is 1.63. The van der Waals surface area contributed by atoms with E-state index < -0.39 is 5.91 Å². The van der Waals surface area contributed by atoms with Crippen LogP contribution in [-0.2, 0) is 11.2 Å². The molecule has 0 aliphatic carbocycles. The predicted molar refractivity (Wildman–Crippen MR) is 97.1 cm³/mol. The van der Waals surface area contributed by atoms with E-state index in [0.717, 1.165) is 0 Å². The third kappa shape index (κ3) is 4.27. The molecule has 5 nitrogen and oxygen atoms in total. The molecule has 1 fully saturated rings. The number of aromatic nitrogens is 1. The molecular formula is C15H15N3O2S3. The van der Waals surface area contributed by atoms with Crippen LogP contribution in [0.5, 0.6) is 0 Å². The van der Waals surface area contributed by atoms with Gasteiger partial charge in [0.05, 0.1) is 16.7 Å². The number of thiazole rings is 1. The Morgan fingerprint density at radius 1 is 1.22 bits per heavy atom. The highest BCUT2D eigenvalue weighted by atomic mass is 32.2. The van der Waals surface area contributed by atoms with Crippen LogP contribution in [0.3, 0.4) is 0 Å². The second kappa shape index (κ2) is 7.37. The number of hydrogen-bond donors (Lipinski definition) is 2. The lowest BCUT2D eigenvalue weighted by molar-refractivity contribution is -0.117. The van der Waals surface area contributed by atoms with Crippen molar-refractivity contribution in [2.45, 2.75) is 11.0 Å². The molecule has 1 saturated heterocycles. The Bertz CT molecular complexity index is 709. The van der Waals surface area contributed by atoms with Crippen LogP contribution in [0, 0.1) is 0 Å². The summed E-state index contributed by atoms with van der Waals surface area (Å²) >= 11 is 5.15. The lowest BCUT2D eigenvalue weighted by Gasteiger charge is -2.09. The minimum atomic E-state index is -0.439. The van der Waals surface area contributed by atoms with Crippen molar-refractivity contribution < 1.29 is 9.59 Å². The Morgan fingerprint density at radius 3 is 2.57 bits per heavy atom. The van der Waals surface area contributed by atoms with Gasteiger partial charge < -0.3 is 5.73 Å². The molecule has 2 amide bonds. The normalized spacial score (nSPS) is 14.8. The zero-order valence-electron chi connectivity index (χ0n) is 12.2. The van der Waals surface area contributed by atoms with E-state index in [0.29, 0.717) is 21.0 Å². The van der Waals surface area contributed by atoms with E-state index in [2.05, 4.69) is 10.3 Å². The Kier molecular flexibility index (Phi) is 5.24. The maximum Gasteiger partial charge on any atom is 0.257 e. The van der Waals surface area contributed by atoms with Crippen LogP contribution in [0.2, 0.25) is 0 Å². The first-order valence-corrected chi connectivity index (χ1v) is 9.97. The first-order valence-electron chi connectivity index (χ1n) is 6.99. The van der Waals surface area contributed by atoms with Crippen molar-refractivity contribution in [3.05, 3.63) is 46.5 Å². The molecule has 2 aromatic rings. The SMILES string of the molecule is NC(=O)Cc1csc(NC(=O)c2ccc(C3SCCS3)cc2)n1. The number of amides is 2. The van der Waals surface area contributed by atoms with Crippen molar-refractivity contribution in [1.82, 2.24) is 4.98 Å². The molecule has 1 aromatic heterocycles. The molecule has 2 heterocycles. The molecule has 1 aromatic carbocycles. The molecular weight excluding hydrogens is 350 g/mol. The molecule has 0 atom stereocenters. The van der Waals surface area contributed by atoms with Crippen molar-refractivity contribution in [3.8, 4) is 0 Å². The summed E-state index contributed by atoms with van der Waals surface area (Å²) in [6, 6.07) is 7.68. The summed E-state index contributed by atoms with van der Waals surface area (Å²) in [6.45, 7) is 0. The van der Waals surface area contributed by atoms with Crippen LogP contribution in [0.1, 0.15) is 26.2 Å². The van der Waals surface area contributed by atoms with Crippen LogP contribution < -0.4 is 11.1 Å². The van der Waals surface area contributed by atoms with Crippen LogP contribution in [0.4, 0.5) is 5.13 Å². The number of nitrogens with zero attached hydrogens (tertiary/aromatic N) is 1. The van der Waals surface area contributed by atoms with E-state index in [1.165, 1.54) is 28.4 Å². The number of nitrogens with two attached hydrogens (primary N) is 1. The van der Waals surface area contributed by atoms with Gasteiger partial charge in [-0.25, -0.2) is 4.98 Å². The predicted octanol–water partition coefficient (Wildman–Crippen LogP) is 2.90. The largest absolute Gasteiger partial charge is 0.369 e. The topological polar surface area (TPSA) is 85.1 Å². The van der Waals surface area contributed by atoms with Crippen molar-refractivity contribution in [3.63, 3.8) is 0 Å². The molecule has 3 N–H and O–H groups in total. The van der Waals surface area contributed by atoms with Gasteiger partial charge in [-0.3, -0.25) is 14.9 Å². The standard InChI is InChI=1S/C15H15N3O2S3/c16-12(19)7-11-8-23-15(17-11)18-13(20)9-1-3-10(4-2-9)14-21-5-6-22-14/h1-4,8,14H,5-7H2,(H2,16,19)(H,17,18,20). The smallest absolute Gasteiger partial charge is 0.257 e. The summed E-state index contributed by atoms with van der Waals surface area (Å²) in [7, 11) is 0. The molecule has 23 heavy (non-hydrogen) atoms. The molecule has 1 aliphatic rings. The van der Waals surface area contributed by atoms with E-state index in [9.17, 15) is 9.59 Å². The average molecular weight is 366 g/mol. The fourth-order valence-corrected chi connectivity index (χ4v) is 5.70. The molecule has 1 aliphatic heterocycles. The number of nitrogens with one attached hydrogen (secondary N) is 1. The number of rotatable bonds is 5. The summed E-state index contributed by atoms with van der Waals surface area (Å²) in [4.78, 5) is 27.3. The van der Waals surface area contributed by atoms with E-state index >= 15 is 0 Å². The van der Waals surface area contributed by atoms with Crippen LogP contribution in [-0.4, -0.2) is 28.3 Å². The highest BCUT2D eigenvalue weighted by Gasteiger charge is 2.18. The maximum atomic E-state index is 12.2. The van der Waals surface area contributed by atoms with Crippen LogP contribution in [0.15, 0.2) is 29.6 Å². The second-order valence-electron chi connectivity index (χ2n) is 4.94. The quantitative estimate of drug-likeness (QED) is 0.851. The van der Waals surface area contributed by atoms with Gasteiger partial charge in [-0.1, -0.05) is 12.1 Å². The Labute approximate surface area is 146 Å². The van der Waals surface area contributed by atoms with Gasteiger partial charge in [-0.15, -0.1) is 34.9 Å². The van der Waals surface area contributed by atoms with E-state index in [4.69, 9.17) is 5.73 Å². The van der Waals surface area contributed by atoms with Gasteiger partial charge in [-0.05, 0) is 17.7 Å². The Hall–Kier alpha value is -1.51. The molecule has 0 unspecified atom stereocenters. The van der Waals surface area contributed by atoms with Gasteiger partial charge in [0.1, 0.15) is 0 Å². The minimum Gasteiger partial charge on any atom is -0.369 e. The minimum absolute atomic E-state index is 0.0811. The second-order valence-corrected chi connectivity index (χ2v) is 8.52. The number of hydrogen-bond acceptors (Lipinski definition) is 6. The summed E-state index contributed by atoms with van der Waals surface area (Å²) in [6.07, 6.45) is 0.0811. The highest BCUT2D eigenvalue weighted by molar-refractivity contribution is 8.19. The van der Waals surface area contributed by atoms with Gasteiger partial charge in [0, 0.05) is 22.4 Å². The van der Waals surface area contributed by atoms with Crippen molar-refractivity contribution in [1.29, 1.82) is 0 Å². The zero-order chi connectivity index (χ0) is 16.2. The van der Waals surface area contributed by atoms with Gasteiger partial charge in [-0.2, -0.15) is 0 Å². The highest BCUT2D eigenvalue weighted by Crippen LogP contribution is 2.45. The molecule has 0 saturated carbocycles. The third-order valence-electron chi connectivity index (χ3n) is 3.19. The van der Waals surface area contributed by atoms with Crippen LogP contribution in [0.25, 0.3) is 0 Å². The number of carbonyl (C=O) groups is 2. The zero-order valence-corrected chi connectivity index (χ0v) is 14.6. The molecule has 0 radical (unpaired) electrons. The summed E-state index contributed by atoms with van der Waals surface area (Å²) in [5, 5.41) is 4.94. The van der Waals surface area contributed by atoms with Gasteiger partial charge in [0.15, 0.2) is 5.13 Å². The Morgan fingerprint density at radius 2 is 1.91 bits per heavy atom. The molecule has 3 rings (SSSR count). The number of primary amides is 1. The average Bonchev–Trinajstić information content (AvgIpc) is 3.19. The monoisotopic (exact) mass is 365 g/mol. The van der Waals surface area contributed by atoms with Crippen molar-refractivity contribution in [2.75, 3.05) is 16.8 Å². The van der Waals surface area contributed by atoms with E-state index in [-0.39, 0.29) is 12.3 Å².